The lowest BCUT2D eigenvalue weighted by molar-refractivity contribution is 0.0690. The number of nitrogens with zero attached hydrogens (tertiary/aromatic N) is 3. The predicted octanol–water partition coefficient (Wildman–Crippen LogP) is 3.76. The van der Waals surface area contributed by atoms with Gasteiger partial charge in [-0.1, -0.05) is 41.9 Å². The van der Waals surface area contributed by atoms with Crippen molar-refractivity contribution in [3.05, 3.63) is 77.0 Å². The molecule has 3 rings (SSSR count). The van der Waals surface area contributed by atoms with Crippen LogP contribution in [0.4, 0.5) is 10.7 Å². The molecule has 0 aliphatic heterocycles. The molecular weight excluding hydrogens is 374 g/mol. The van der Waals surface area contributed by atoms with Crippen molar-refractivity contribution in [1.29, 1.82) is 0 Å². The predicted molar refractivity (Wildman–Crippen MR) is 95.5 cm³/mol. The van der Waals surface area contributed by atoms with Gasteiger partial charge in [-0.2, -0.15) is 0 Å². The zero-order valence-corrected chi connectivity index (χ0v) is 14.7. The Bertz CT molecular complexity index is 931. The maximum absolute atomic E-state index is 12.6. The van der Waals surface area contributed by atoms with Gasteiger partial charge in [-0.25, -0.2) is 24.5 Å². The number of benzene rings is 1. The van der Waals surface area contributed by atoms with Crippen LogP contribution < -0.4 is 4.90 Å². The van der Waals surface area contributed by atoms with Crippen LogP contribution in [-0.2, 0) is 17.9 Å². The Balaban J connectivity index is 1.85. The summed E-state index contributed by atoms with van der Waals surface area (Å²) in [6.45, 7) is -0.00494. The highest BCUT2D eigenvalue weighted by atomic mass is 35.5. The lowest BCUT2D eigenvalue weighted by Gasteiger charge is -2.19. The fraction of sp³-hybridized carbons (Fsp3) is 0.111. The number of anilines is 1. The van der Waals surface area contributed by atoms with E-state index in [4.69, 9.17) is 20.8 Å². The molecule has 3 aromatic rings. The molecule has 27 heavy (non-hydrogen) atoms. The molecule has 138 valence electrons. The van der Waals surface area contributed by atoms with E-state index in [-0.39, 0.29) is 24.1 Å². The normalized spacial score (nSPS) is 10.4. The average Bonchev–Trinajstić information content (AvgIpc) is 3.19. The number of furan rings is 1. The zero-order chi connectivity index (χ0) is 19.2. The van der Waals surface area contributed by atoms with E-state index in [1.54, 1.807) is 12.1 Å². The molecule has 1 amide bonds. The van der Waals surface area contributed by atoms with Gasteiger partial charge in [0.1, 0.15) is 12.4 Å². The topological polar surface area (TPSA) is 106 Å². The first kappa shape index (κ1) is 18.4. The third-order valence-corrected chi connectivity index (χ3v) is 3.77. The summed E-state index contributed by atoms with van der Waals surface area (Å²) in [4.78, 5) is 32.8. The van der Waals surface area contributed by atoms with E-state index in [9.17, 15) is 14.7 Å². The lowest BCUT2D eigenvalue weighted by Crippen LogP contribution is -2.32. The van der Waals surface area contributed by atoms with Crippen LogP contribution in [0.3, 0.4) is 0 Å². The Hall–Kier alpha value is -3.39. The highest BCUT2D eigenvalue weighted by Gasteiger charge is 2.24. The molecule has 0 saturated carbocycles. The number of amides is 1. The van der Waals surface area contributed by atoms with Crippen LogP contribution in [0.2, 0.25) is 5.02 Å². The van der Waals surface area contributed by atoms with E-state index in [1.165, 1.54) is 6.26 Å². The van der Waals surface area contributed by atoms with Crippen LogP contribution >= 0.6 is 11.6 Å². The summed E-state index contributed by atoms with van der Waals surface area (Å²) in [5.41, 5.74) is 0.383. The number of carboxylic acid groups (broad SMARTS) is 1. The molecule has 0 aliphatic carbocycles. The molecule has 0 unspecified atom stereocenters. The van der Waals surface area contributed by atoms with Gasteiger partial charge in [0.15, 0.2) is 5.69 Å². The van der Waals surface area contributed by atoms with Gasteiger partial charge in [0.05, 0.1) is 24.0 Å². The zero-order valence-electron chi connectivity index (χ0n) is 13.9. The second kappa shape index (κ2) is 8.33. The maximum atomic E-state index is 12.6. The third-order valence-electron chi connectivity index (χ3n) is 3.49. The van der Waals surface area contributed by atoms with Crippen molar-refractivity contribution in [2.24, 2.45) is 0 Å². The molecule has 9 heteroatoms. The smallest absolute Gasteiger partial charge is 0.417 e. The van der Waals surface area contributed by atoms with Gasteiger partial charge in [0.25, 0.3) is 0 Å². The number of ether oxygens (including phenoxy) is 1. The van der Waals surface area contributed by atoms with Crippen molar-refractivity contribution in [2.75, 3.05) is 4.90 Å². The minimum atomic E-state index is -1.33. The largest absolute Gasteiger partial charge is 0.476 e. The minimum absolute atomic E-state index is 0.0354. The number of aromatic carboxylic acids is 1. The van der Waals surface area contributed by atoms with Gasteiger partial charge >= 0.3 is 12.1 Å². The standard InChI is InChI=1S/C18H14ClN3O5/c19-14-9-20-17(21-15(14)16(23)24)22(10-13-7-4-8-26-13)18(25)27-11-12-5-2-1-3-6-12/h1-9H,10-11H2,(H,23,24). The van der Waals surface area contributed by atoms with Crippen LogP contribution in [0.25, 0.3) is 0 Å². The quantitative estimate of drug-likeness (QED) is 0.686. The van der Waals surface area contributed by atoms with E-state index >= 15 is 0 Å². The van der Waals surface area contributed by atoms with E-state index in [2.05, 4.69) is 9.97 Å². The Kier molecular flexibility index (Phi) is 5.68. The molecule has 1 N–H and O–H groups in total. The van der Waals surface area contributed by atoms with Crippen LogP contribution in [0.1, 0.15) is 21.8 Å². The molecule has 1 aromatic carbocycles. The average molecular weight is 388 g/mol. The summed E-state index contributed by atoms with van der Waals surface area (Å²) >= 11 is 5.80. The van der Waals surface area contributed by atoms with Gasteiger partial charge in [-0.05, 0) is 17.7 Å². The number of hydrogen-bond donors (Lipinski definition) is 1. The monoisotopic (exact) mass is 387 g/mol. The Labute approximate surface area is 159 Å². The molecular formula is C18H14ClN3O5. The number of hydrogen-bond acceptors (Lipinski definition) is 6. The van der Waals surface area contributed by atoms with E-state index in [0.717, 1.165) is 16.7 Å². The van der Waals surface area contributed by atoms with Crippen molar-refractivity contribution < 1.29 is 23.8 Å². The van der Waals surface area contributed by atoms with Crippen LogP contribution in [0, 0.1) is 0 Å². The summed E-state index contributed by atoms with van der Waals surface area (Å²) in [5, 5.41) is 9.05. The Morgan fingerprint density at radius 1 is 1.19 bits per heavy atom. The fourth-order valence-corrected chi connectivity index (χ4v) is 2.38. The maximum Gasteiger partial charge on any atom is 0.417 e. The summed E-state index contributed by atoms with van der Waals surface area (Å²) in [6.07, 6.45) is 1.81. The molecule has 0 fully saturated rings. The van der Waals surface area contributed by atoms with Crippen molar-refractivity contribution in [3.63, 3.8) is 0 Å². The van der Waals surface area contributed by atoms with Gasteiger partial charge < -0.3 is 14.3 Å². The summed E-state index contributed by atoms with van der Waals surface area (Å²) < 4.78 is 10.6. The molecule has 0 bridgehead atoms. The lowest BCUT2D eigenvalue weighted by atomic mass is 10.2. The molecule has 0 atom stereocenters. The number of carboxylic acids is 1. The number of halogens is 1. The minimum Gasteiger partial charge on any atom is -0.476 e. The highest BCUT2D eigenvalue weighted by Crippen LogP contribution is 2.20. The highest BCUT2D eigenvalue weighted by molar-refractivity contribution is 6.33. The van der Waals surface area contributed by atoms with Crippen LogP contribution in [0.5, 0.6) is 0 Å². The summed E-state index contributed by atoms with van der Waals surface area (Å²) in [7, 11) is 0. The molecule has 0 spiro atoms. The summed E-state index contributed by atoms with van der Waals surface area (Å²) in [5.74, 6) is -1.05. The molecule has 2 heterocycles. The molecule has 0 radical (unpaired) electrons. The first-order valence-corrected chi connectivity index (χ1v) is 8.19. The van der Waals surface area contributed by atoms with E-state index in [0.29, 0.717) is 5.76 Å². The third kappa shape index (κ3) is 4.62. The first-order valence-electron chi connectivity index (χ1n) is 7.81. The Morgan fingerprint density at radius 2 is 1.96 bits per heavy atom. The van der Waals surface area contributed by atoms with Crippen molar-refractivity contribution >= 4 is 29.6 Å². The van der Waals surface area contributed by atoms with Gasteiger partial charge in [-0.3, -0.25) is 0 Å². The van der Waals surface area contributed by atoms with Crippen molar-refractivity contribution in [3.8, 4) is 0 Å². The van der Waals surface area contributed by atoms with Crippen molar-refractivity contribution in [2.45, 2.75) is 13.2 Å². The van der Waals surface area contributed by atoms with Crippen LogP contribution in [0.15, 0.2) is 59.3 Å². The van der Waals surface area contributed by atoms with Gasteiger partial charge in [0.2, 0.25) is 5.95 Å². The fourth-order valence-electron chi connectivity index (χ4n) is 2.21. The second-order valence-electron chi connectivity index (χ2n) is 5.38. The van der Waals surface area contributed by atoms with Crippen LogP contribution in [-0.4, -0.2) is 27.1 Å². The molecule has 0 saturated heterocycles. The number of rotatable bonds is 6. The number of carbonyl (C=O) groups excluding carboxylic acids is 1. The molecule has 2 aromatic heterocycles. The van der Waals surface area contributed by atoms with E-state index < -0.39 is 17.8 Å². The van der Waals surface area contributed by atoms with Crippen molar-refractivity contribution in [1.82, 2.24) is 9.97 Å². The van der Waals surface area contributed by atoms with Gasteiger partial charge in [0, 0.05) is 0 Å². The molecule has 8 nitrogen and oxygen atoms in total. The molecule has 0 aliphatic rings. The van der Waals surface area contributed by atoms with Gasteiger partial charge in [-0.15, -0.1) is 0 Å². The number of aromatic nitrogens is 2. The van der Waals surface area contributed by atoms with E-state index in [1.807, 2.05) is 30.3 Å². The SMILES string of the molecule is O=C(O)c1nc(N(Cc2ccco2)C(=O)OCc2ccccc2)ncc1Cl. The second-order valence-corrected chi connectivity index (χ2v) is 5.78. The first-order chi connectivity index (χ1) is 13.0. The Morgan fingerprint density at radius 3 is 2.63 bits per heavy atom. The summed E-state index contributed by atoms with van der Waals surface area (Å²) in [6, 6.07) is 12.4. The number of carbonyl (C=O) groups is 2.